The summed E-state index contributed by atoms with van der Waals surface area (Å²) < 4.78 is 0. The number of hydrogen-bond donors (Lipinski definition) is 4. The largest absolute Gasteiger partial charge is 0.473 e. The Balaban J connectivity index is 0.000000567. The third-order valence-electron chi connectivity index (χ3n) is 2.59. The van der Waals surface area contributed by atoms with Crippen LogP contribution in [0.1, 0.15) is 39.5 Å². The number of carboxylic acid groups (broad SMARTS) is 2. The fraction of sp³-hybridized carbons (Fsp3) is 0.769. The van der Waals surface area contributed by atoms with Gasteiger partial charge in [-0.05, 0) is 25.7 Å². The van der Waals surface area contributed by atoms with Crippen molar-refractivity contribution in [1.82, 2.24) is 5.32 Å². The normalized spacial score (nSPS) is 15.1. The molecule has 1 aliphatic rings. The molecule has 0 aromatic heterocycles. The zero-order valence-electron chi connectivity index (χ0n) is 12.4. The molecule has 1 saturated carbocycles. The number of nitrogens with one attached hydrogen (secondary N) is 1. The van der Waals surface area contributed by atoms with Crippen molar-refractivity contribution in [1.29, 1.82) is 0 Å². The maximum atomic E-state index is 9.52. The Morgan fingerprint density at radius 1 is 1.24 bits per heavy atom. The van der Waals surface area contributed by atoms with Crippen LogP contribution in [0.3, 0.4) is 0 Å². The molecule has 0 aliphatic heterocycles. The first kappa shape index (κ1) is 19.3. The molecule has 0 bridgehead atoms. The molecule has 0 radical (unpaired) electrons. The zero-order chi connectivity index (χ0) is 16.3. The molecule has 1 rings (SSSR count). The smallest absolute Gasteiger partial charge is 0.414 e. The van der Waals surface area contributed by atoms with Gasteiger partial charge in [-0.15, -0.1) is 0 Å². The first-order valence-electron chi connectivity index (χ1n) is 6.88. The molecule has 8 heteroatoms. The first-order chi connectivity index (χ1) is 9.82. The van der Waals surface area contributed by atoms with E-state index in [1.807, 2.05) is 13.8 Å². The van der Waals surface area contributed by atoms with Crippen LogP contribution in [-0.2, 0) is 14.4 Å². The minimum atomic E-state index is -1.82. The summed E-state index contributed by atoms with van der Waals surface area (Å²) in [6.45, 7) is 4.93. The van der Waals surface area contributed by atoms with Gasteiger partial charge in [0.15, 0.2) is 0 Å². The second kappa shape index (κ2) is 11.0. The maximum absolute atomic E-state index is 9.52. The predicted molar refractivity (Wildman–Crippen MR) is 76.3 cm³/mol. The second-order valence-corrected chi connectivity index (χ2v) is 4.99. The lowest BCUT2D eigenvalue weighted by molar-refractivity contribution is -0.159. The Morgan fingerprint density at radius 2 is 1.76 bits per heavy atom. The van der Waals surface area contributed by atoms with Gasteiger partial charge in [-0.1, -0.05) is 19.0 Å². The van der Waals surface area contributed by atoms with Crippen molar-refractivity contribution in [3.8, 4) is 0 Å². The molecular weight excluding hydrogens is 280 g/mol. The van der Waals surface area contributed by atoms with Crippen molar-refractivity contribution in [3.05, 3.63) is 0 Å². The Kier molecular flexibility index (Phi) is 10.2. The minimum Gasteiger partial charge on any atom is -0.473 e. The van der Waals surface area contributed by atoms with E-state index in [0.29, 0.717) is 12.6 Å². The van der Waals surface area contributed by atoms with Crippen LogP contribution in [0.5, 0.6) is 0 Å². The third kappa shape index (κ3) is 11.8. The summed E-state index contributed by atoms with van der Waals surface area (Å²) in [6, 6.07) is 0.390. The monoisotopic (exact) mass is 304 g/mol. The molecule has 0 saturated heterocycles. The second-order valence-electron chi connectivity index (χ2n) is 4.99. The van der Waals surface area contributed by atoms with Gasteiger partial charge < -0.3 is 25.5 Å². The van der Waals surface area contributed by atoms with Crippen molar-refractivity contribution in [3.63, 3.8) is 0 Å². The van der Waals surface area contributed by atoms with E-state index in [9.17, 15) is 5.11 Å². The Hall–Kier alpha value is -1.67. The van der Waals surface area contributed by atoms with Crippen LogP contribution in [0.25, 0.3) is 0 Å². The van der Waals surface area contributed by atoms with E-state index in [1.54, 1.807) is 0 Å². The number of oxime groups is 1. The van der Waals surface area contributed by atoms with Crippen molar-refractivity contribution in [2.75, 3.05) is 13.2 Å². The van der Waals surface area contributed by atoms with E-state index in [1.165, 1.54) is 12.8 Å². The molecule has 122 valence electrons. The zero-order valence-corrected chi connectivity index (χ0v) is 12.4. The predicted octanol–water partition coefficient (Wildman–Crippen LogP) is 0.447. The number of carboxylic acids is 2. The highest BCUT2D eigenvalue weighted by atomic mass is 16.6. The van der Waals surface area contributed by atoms with Crippen LogP contribution in [0.15, 0.2) is 5.16 Å². The van der Waals surface area contributed by atoms with Gasteiger partial charge >= 0.3 is 11.9 Å². The van der Waals surface area contributed by atoms with Crippen molar-refractivity contribution >= 4 is 17.7 Å². The lowest BCUT2D eigenvalue weighted by Crippen LogP contribution is -2.34. The fourth-order valence-corrected chi connectivity index (χ4v) is 1.52. The lowest BCUT2D eigenvalue weighted by atomic mass is 10.3. The molecule has 1 fully saturated rings. The van der Waals surface area contributed by atoms with Crippen LogP contribution in [0.4, 0.5) is 0 Å². The summed E-state index contributed by atoms with van der Waals surface area (Å²) in [4.78, 5) is 23.3. The maximum Gasteiger partial charge on any atom is 0.414 e. The highest BCUT2D eigenvalue weighted by Crippen LogP contribution is 2.14. The summed E-state index contributed by atoms with van der Waals surface area (Å²) in [5, 5.41) is 31.5. The summed E-state index contributed by atoms with van der Waals surface area (Å²) >= 11 is 0. The van der Waals surface area contributed by atoms with Crippen molar-refractivity contribution in [2.45, 2.75) is 51.7 Å². The molecule has 0 aromatic carbocycles. The van der Waals surface area contributed by atoms with Gasteiger partial charge in [0.2, 0.25) is 0 Å². The van der Waals surface area contributed by atoms with Crippen molar-refractivity contribution in [2.24, 2.45) is 5.16 Å². The summed E-state index contributed by atoms with van der Waals surface area (Å²) in [6.07, 6.45) is 4.08. The van der Waals surface area contributed by atoms with E-state index < -0.39 is 18.0 Å². The molecule has 1 unspecified atom stereocenters. The highest BCUT2D eigenvalue weighted by Gasteiger charge is 2.09. The summed E-state index contributed by atoms with van der Waals surface area (Å²) in [5.74, 6) is -3.65. The molecule has 1 aliphatic carbocycles. The van der Waals surface area contributed by atoms with Gasteiger partial charge in [0.05, 0.1) is 5.71 Å². The molecule has 0 aromatic rings. The average molecular weight is 304 g/mol. The number of hydrogen-bond acceptors (Lipinski definition) is 6. The Bertz CT molecular complexity index is 337. The number of aliphatic carboxylic acids is 2. The molecule has 1 atom stereocenters. The molecule has 21 heavy (non-hydrogen) atoms. The van der Waals surface area contributed by atoms with Gasteiger partial charge in [0.25, 0.3) is 0 Å². The molecular formula is C13H24N2O6. The van der Waals surface area contributed by atoms with Gasteiger partial charge in [-0.3, -0.25) is 0 Å². The molecule has 4 N–H and O–H groups in total. The molecule has 0 spiro atoms. The van der Waals surface area contributed by atoms with Crippen LogP contribution in [0.2, 0.25) is 0 Å². The third-order valence-corrected chi connectivity index (χ3v) is 2.59. The Labute approximate surface area is 123 Å². The van der Waals surface area contributed by atoms with E-state index in [4.69, 9.17) is 24.6 Å². The highest BCUT2D eigenvalue weighted by molar-refractivity contribution is 6.27. The fourth-order valence-electron chi connectivity index (χ4n) is 1.52. The van der Waals surface area contributed by atoms with Crippen LogP contribution < -0.4 is 5.32 Å². The van der Waals surface area contributed by atoms with E-state index in [2.05, 4.69) is 10.5 Å². The number of rotatable bonds is 6. The molecule has 0 amide bonds. The SMILES string of the molecule is CC(C)NCC(O)CON=C1CCCC1.O=C(O)C(=O)O. The van der Waals surface area contributed by atoms with E-state index in [-0.39, 0.29) is 6.61 Å². The van der Waals surface area contributed by atoms with Crippen LogP contribution in [0, 0.1) is 0 Å². The van der Waals surface area contributed by atoms with E-state index in [0.717, 1.165) is 18.6 Å². The molecule has 8 nitrogen and oxygen atoms in total. The van der Waals surface area contributed by atoms with Gasteiger partial charge in [-0.2, -0.15) is 0 Å². The van der Waals surface area contributed by atoms with Gasteiger partial charge in [-0.25, -0.2) is 9.59 Å². The van der Waals surface area contributed by atoms with E-state index >= 15 is 0 Å². The number of aliphatic hydroxyl groups excluding tert-OH is 1. The summed E-state index contributed by atoms with van der Waals surface area (Å²) in [7, 11) is 0. The van der Waals surface area contributed by atoms with Crippen molar-refractivity contribution < 1.29 is 29.7 Å². The topological polar surface area (TPSA) is 128 Å². The number of aliphatic hydroxyl groups is 1. The summed E-state index contributed by atoms with van der Waals surface area (Å²) in [5.41, 5.74) is 1.14. The molecule has 0 heterocycles. The quantitative estimate of drug-likeness (QED) is 0.414. The van der Waals surface area contributed by atoms with Crippen LogP contribution in [-0.4, -0.2) is 58.3 Å². The first-order valence-corrected chi connectivity index (χ1v) is 6.88. The lowest BCUT2D eigenvalue weighted by Gasteiger charge is -2.12. The number of nitrogens with zero attached hydrogens (tertiary/aromatic N) is 1. The average Bonchev–Trinajstić information content (AvgIpc) is 2.90. The Morgan fingerprint density at radius 3 is 2.19 bits per heavy atom. The van der Waals surface area contributed by atoms with Gasteiger partial charge in [0.1, 0.15) is 12.7 Å². The standard InChI is InChI=1S/C11H22N2O2.C2H2O4/c1-9(2)12-7-11(14)8-15-13-10-5-3-4-6-10;3-1(4)2(5)6/h9,11-12,14H,3-8H2,1-2H3;(H,3,4)(H,5,6). The van der Waals surface area contributed by atoms with Gasteiger partial charge in [0, 0.05) is 12.6 Å². The number of carbonyl (C=O) groups is 2. The minimum absolute atomic E-state index is 0.281. The van der Waals surface area contributed by atoms with Crippen LogP contribution >= 0.6 is 0 Å².